The summed E-state index contributed by atoms with van der Waals surface area (Å²) < 4.78 is 11.4. The minimum Gasteiger partial charge on any atom is -0.497 e. The summed E-state index contributed by atoms with van der Waals surface area (Å²) in [5.74, 6) is 1.23. The van der Waals surface area contributed by atoms with Crippen LogP contribution in [0.25, 0.3) is 0 Å². The highest BCUT2D eigenvalue weighted by Gasteiger charge is 2.12. The number of nitrogens with zero attached hydrogens (tertiary/aromatic N) is 1. The first kappa shape index (κ1) is 17.6. The molecule has 0 radical (unpaired) electrons. The fourth-order valence-electron chi connectivity index (χ4n) is 1.97. The molecular formula is C17H17BrClNO3. The fraction of sp³-hybridized carbons (Fsp3) is 0.235. The lowest BCUT2D eigenvalue weighted by Gasteiger charge is -2.18. The molecule has 0 fully saturated rings. The summed E-state index contributed by atoms with van der Waals surface area (Å²) in [6.45, 7) is 0.446. The molecule has 122 valence electrons. The van der Waals surface area contributed by atoms with E-state index in [2.05, 4.69) is 15.9 Å². The monoisotopic (exact) mass is 397 g/mol. The molecule has 4 nitrogen and oxygen atoms in total. The van der Waals surface area contributed by atoms with Crippen molar-refractivity contribution < 1.29 is 14.3 Å². The molecule has 0 atom stereocenters. The summed E-state index contributed by atoms with van der Waals surface area (Å²) in [7, 11) is 3.36. The maximum Gasteiger partial charge on any atom is 0.260 e. The minimum atomic E-state index is -0.116. The van der Waals surface area contributed by atoms with Crippen molar-refractivity contribution >= 4 is 33.4 Å². The van der Waals surface area contributed by atoms with E-state index in [-0.39, 0.29) is 12.5 Å². The van der Waals surface area contributed by atoms with E-state index in [0.717, 1.165) is 11.3 Å². The Morgan fingerprint density at radius 2 is 2.04 bits per heavy atom. The van der Waals surface area contributed by atoms with Crippen molar-refractivity contribution in [3.63, 3.8) is 0 Å². The number of rotatable bonds is 6. The number of hydrogen-bond donors (Lipinski definition) is 0. The molecule has 0 aromatic heterocycles. The van der Waals surface area contributed by atoms with Gasteiger partial charge in [-0.25, -0.2) is 0 Å². The summed E-state index contributed by atoms with van der Waals surface area (Å²) in [5.41, 5.74) is 0.993. The van der Waals surface area contributed by atoms with Crippen molar-refractivity contribution in [1.29, 1.82) is 0 Å². The van der Waals surface area contributed by atoms with Gasteiger partial charge in [0.15, 0.2) is 6.61 Å². The van der Waals surface area contributed by atoms with Crippen LogP contribution in [-0.4, -0.2) is 31.6 Å². The van der Waals surface area contributed by atoms with Crippen LogP contribution >= 0.6 is 27.5 Å². The molecule has 1 amide bonds. The van der Waals surface area contributed by atoms with Gasteiger partial charge >= 0.3 is 0 Å². The average Bonchev–Trinajstić information content (AvgIpc) is 2.54. The lowest BCUT2D eigenvalue weighted by molar-refractivity contribution is -0.132. The van der Waals surface area contributed by atoms with Crippen LogP contribution in [0.15, 0.2) is 46.9 Å². The summed E-state index contributed by atoms with van der Waals surface area (Å²) >= 11 is 9.23. The summed E-state index contributed by atoms with van der Waals surface area (Å²) in [4.78, 5) is 13.8. The number of amides is 1. The van der Waals surface area contributed by atoms with Crippen LogP contribution in [0.5, 0.6) is 11.5 Å². The molecule has 0 saturated heterocycles. The van der Waals surface area contributed by atoms with Crippen LogP contribution in [0.4, 0.5) is 0 Å². The van der Waals surface area contributed by atoms with Crippen molar-refractivity contribution in [1.82, 2.24) is 4.90 Å². The highest BCUT2D eigenvalue weighted by atomic mass is 79.9. The Bertz CT molecular complexity index is 693. The number of hydrogen-bond acceptors (Lipinski definition) is 3. The van der Waals surface area contributed by atoms with Crippen molar-refractivity contribution in [2.45, 2.75) is 6.54 Å². The molecule has 0 spiro atoms. The fourth-order valence-corrected chi connectivity index (χ4v) is 2.77. The Hall–Kier alpha value is -1.72. The van der Waals surface area contributed by atoms with E-state index in [9.17, 15) is 4.79 Å². The van der Waals surface area contributed by atoms with Crippen LogP contribution in [0.1, 0.15) is 5.56 Å². The van der Waals surface area contributed by atoms with Gasteiger partial charge in [0.05, 0.1) is 11.6 Å². The molecule has 2 aromatic carbocycles. The standard InChI is InChI=1S/C17H17BrClNO3/c1-20(10-12-4-3-5-14(8-12)22-2)17(21)11-23-16-7-6-13(19)9-15(16)18/h3-9H,10-11H2,1-2H3. The number of halogens is 2. The zero-order chi connectivity index (χ0) is 16.8. The van der Waals surface area contributed by atoms with Crippen molar-refractivity contribution in [3.8, 4) is 11.5 Å². The molecule has 2 aromatic rings. The van der Waals surface area contributed by atoms with Gasteiger partial charge in [0.25, 0.3) is 5.91 Å². The normalized spacial score (nSPS) is 10.3. The first-order valence-electron chi connectivity index (χ1n) is 6.94. The zero-order valence-electron chi connectivity index (χ0n) is 12.9. The zero-order valence-corrected chi connectivity index (χ0v) is 15.2. The molecule has 0 heterocycles. The minimum absolute atomic E-state index is 0.0410. The summed E-state index contributed by atoms with van der Waals surface area (Å²) in [6.07, 6.45) is 0. The van der Waals surface area contributed by atoms with Gasteiger partial charge in [0.2, 0.25) is 0 Å². The Kier molecular flexibility index (Phi) is 6.30. The predicted octanol–water partition coefficient (Wildman–Crippen LogP) is 4.15. The van der Waals surface area contributed by atoms with Crippen LogP contribution in [0, 0.1) is 0 Å². The van der Waals surface area contributed by atoms with Gasteiger partial charge in [0.1, 0.15) is 11.5 Å². The van der Waals surface area contributed by atoms with Gasteiger partial charge in [-0.05, 0) is 51.8 Å². The van der Waals surface area contributed by atoms with E-state index >= 15 is 0 Å². The van der Waals surface area contributed by atoms with E-state index in [4.69, 9.17) is 21.1 Å². The second kappa shape index (κ2) is 8.22. The molecule has 0 aliphatic rings. The first-order chi connectivity index (χ1) is 11.0. The number of methoxy groups -OCH3 is 1. The first-order valence-corrected chi connectivity index (χ1v) is 8.11. The van der Waals surface area contributed by atoms with E-state index in [1.54, 1.807) is 37.3 Å². The third-order valence-corrected chi connectivity index (χ3v) is 4.08. The van der Waals surface area contributed by atoms with Crippen LogP contribution < -0.4 is 9.47 Å². The predicted molar refractivity (Wildman–Crippen MR) is 94.1 cm³/mol. The van der Waals surface area contributed by atoms with Crippen LogP contribution in [0.3, 0.4) is 0 Å². The molecule has 0 bridgehead atoms. The summed E-state index contributed by atoms with van der Waals surface area (Å²) in [6, 6.07) is 12.8. The molecule has 2 rings (SSSR count). The van der Waals surface area contributed by atoms with Crippen molar-refractivity contribution in [3.05, 3.63) is 57.5 Å². The highest BCUT2D eigenvalue weighted by Crippen LogP contribution is 2.28. The molecule has 0 unspecified atom stereocenters. The average molecular weight is 399 g/mol. The molecule has 0 N–H and O–H groups in total. The maximum atomic E-state index is 12.2. The molecular weight excluding hydrogens is 382 g/mol. The topological polar surface area (TPSA) is 38.8 Å². The lowest BCUT2D eigenvalue weighted by atomic mass is 10.2. The lowest BCUT2D eigenvalue weighted by Crippen LogP contribution is -2.31. The van der Waals surface area contributed by atoms with Gasteiger partial charge in [0, 0.05) is 18.6 Å². The number of likely N-dealkylation sites (N-methyl/N-ethyl adjacent to an activating group) is 1. The molecule has 6 heteroatoms. The quantitative estimate of drug-likeness (QED) is 0.734. The summed E-state index contributed by atoms with van der Waals surface area (Å²) in [5, 5.41) is 0.602. The second-order valence-corrected chi connectivity index (χ2v) is 6.26. The second-order valence-electron chi connectivity index (χ2n) is 4.96. The van der Waals surface area contributed by atoms with Gasteiger partial charge in [-0.15, -0.1) is 0 Å². The van der Waals surface area contributed by atoms with Gasteiger partial charge in [-0.1, -0.05) is 23.7 Å². The third kappa shape index (κ3) is 5.15. The Balaban J connectivity index is 1.91. The number of benzene rings is 2. The van der Waals surface area contributed by atoms with Crippen molar-refractivity contribution in [2.75, 3.05) is 20.8 Å². The Morgan fingerprint density at radius 1 is 1.26 bits per heavy atom. The van der Waals surface area contributed by atoms with Gasteiger partial charge < -0.3 is 14.4 Å². The third-order valence-electron chi connectivity index (χ3n) is 3.22. The molecule has 23 heavy (non-hydrogen) atoms. The Morgan fingerprint density at radius 3 is 2.74 bits per heavy atom. The van der Waals surface area contributed by atoms with E-state index < -0.39 is 0 Å². The van der Waals surface area contributed by atoms with Crippen LogP contribution in [-0.2, 0) is 11.3 Å². The molecule has 0 aliphatic heterocycles. The Labute approximate surface area is 149 Å². The van der Waals surface area contributed by atoms with Gasteiger partial charge in [-0.3, -0.25) is 4.79 Å². The number of carbonyl (C=O) groups is 1. The maximum absolute atomic E-state index is 12.2. The largest absolute Gasteiger partial charge is 0.497 e. The van der Waals surface area contributed by atoms with Gasteiger partial charge in [-0.2, -0.15) is 0 Å². The van der Waals surface area contributed by atoms with Crippen LogP contribution in [0.2, 0.25) is 5.02 Å². The van der Waals surface area contributed by atoms with E-state index in [1.165, 1.54) is 0 Å². The number of ether oxygens (including phenoxy) is 2. The molecule has 0 aliphatic carbocycles. The van der Waals surface area contributed by atoms with E-state index in [0.29, 0.717) is 21.8 Å². The number of carbonyl (C=O) groups excluding carboxylic acids is 1. The molecule has 0 saturated carbocycles. The highest BCUT2D eigenvalue weighted by molar-refractivity contribution is 9.10. The SMILES string of the molecule is COc1cccc(CN(C)C(=O)COc2ccc(Cl)cc2Br)c1. The smallest absolute Gasteiger partial charge is 0.260 e. The van der Waals surface area contributed by atoms with E-state index in [1.807, 2.05) is 24.3 Å². The van der Waals surface area contributed by atoms with Crippen molar-refractivity contribution in [2.24, 2.45) is 0 Å².